The van der Waals surface area contributed by atoms with Crippen LogP contribution in [0.4, 0.5) is 11.4 Å². The molecule has 2 heterocycles. The summed E-state index contributed by atoms with van der Waals surface area (Å²) in [6.45, 7) is 6.75. The second kappa shape index (κ2) is 8.15. The first-order valence-electron chi connectivity index (χ1n) is 9.28. The molecule has 0 saturated carbocycles. The summed E-state index contributed by atoms with van der Waals surface area (Å²) in [6, 6.07) is 12.3. The van der Waals surface area contributed by atoms with Gasteiger partial charge in [0.25, 0.3) is 5.91 Å². The van der Waals surface area contributed by atoms with Crippen molar-refractivity contribution in [3.63, 3.8) is 0 Å². The van der Waals surface area contributed by atoms with Gasteiger partial charge in [0.05, 0.1) is 0 Å². The second-order valence-electron chi connectivity index (χ2n) is 6.69. The zero-order valence-electron chi connectivity index (χ0n) is 15.2. The Morgan fingerprint density at radius 3 is 2.48 bits per heavy atom. The van der Waals surface area contributed by atoms with E-state index in [4.69, 9.17) is 0 Å². The van der Waals surface area contributed by atoms with Gasteiger partial charge in [-0.2, -0.15) is 0 Å². The molecule has 1 amide bonds. The van der Waals surface area contributed by atoms with E-state index in [0.717, 1.165) is 43.9 Å². The van der Waals surface area contributed by atoms with Crippen LogP contribution in [-0.2, 0) is 0 Å². The van der Waals surface area contributed by atoms with E-state index in [1.807, 2.05) is 17.0 Å². The van der Waals surface area contributed by atoms with E-state index in [1.165, 1.54) is 18.4 Å². The van der Waals surface area contributed by atoms with Crippen LogP contribution < -0.4 is 4.90 Å². The molecule has 1 saturated heterocycles. The molecule has 0 N–H and O–H groups in total. The SMILES string of the molecule is CCN(c1cccc(C)c1)c1ccnc(C(=O)N2CCCCCC2)c1. The minimum Gasteiger partial charge on any atom is -0.342 e. The lowest BCUT2D eigenvalue weighted by Gasteiger charge is -2.25. The standard InChI is InChI=1S/C21H27N3O/c1-3-24(18-10-8-9-17(2)15-18)19-11-12-22-20(16-19)21(25)23-13-6-4-5-7-14-23/h8-12,15-16H,3-7,13-14H2,1-2H3. The highest BCUT2D eigenvalue weighted by Crippen LogP contribution is 2.26. The van der Waals surface area contributed by atoms with Gasteiger partial charge < -0.3 is 9.80 Å². The highest BCUT2D eigenvalue weighted by Gasteiger charge is 2.19. The number of hydrogen-bond donors (Lipinski definition) is 0. The molecular formula is C21H27N3O. The maximum Gasteiger partial charge on any atom is 0.272 e. The minimum absolute atomic E-state index is 0.0593. The molecule has 25 heavy (non-hydrogen) atoms. The van der Waals surface area contributed by atoms with Gasteiger partial charge in [-0.05, 0) is 56.5 Å². The first kappa shape index (κ1) is 17.5. The van der Waals surface area contributed by atoms with Crippen molar-refractivity contribution in [3.05, 3.63) is 53.9 Å². The van der Waals surface area contributed by atoms with Gasteiger partial charge in [0.1, 0.15) is 5.69 Å². The minimum atomic E-state index is 0.0593. The maximum atomic E-state index is 12.9. The molecule has 1 aliphatic rings. The smallest absolute Gasteiger partial charge is 0.272 e. The molecule has 132 valence electrons. The number of likely N-dealkylation sites (tertiary alicyclic amines) is 1. The number of anilines is 2. The Kier molecular flexibility index (Phi) is 5.69. The molecule has 0 aliphatic carbocycles. The summed E-state index contributed by atoms with van der Waals surface area (Å²) in [7, 11) is 0. The lowest BCUT2D eigenvalue weighted by molar-refractivity contribution is 0.0756. The van der Waals surface area contributed by atoms with Crippen molar-refractivity contribution < 1.29 is 4.79 Å². The molecule has 0 bridgehead atoms. The van der Waals surface area contributed by atoms with Gasteiger partial charge >= 0.3 is 0 Å². The van der Waals surface area contributed by atoms with Crippen LogP contribution in [0, 0.1) is 6.92 Å². The molecule has 0 unspecified atom stereocenters. The third-order valence-electron chi connectivity index (χ3n) is 4.80. The Morgan fingerprint density at radius 2 is 1.80 bits per heavy atom. The van der Waals surface area contributed by atoms with Gasteiger partial charge in [-0.25, -0.2) is 0 Å². The quantitative estimate of drug-likeness (QED) is 0.820. The van der Waals surface area contributed by atoms with E-state index in [9.17, 15) is 4.79 Å². The average Bonchev–Trinajstić information content (AvgIpc) is 2.91. The molecule has 3 rings (SSSR count). The summed E-state index contributed by atoms with van der Waals surface area (Å²) in [4.78, 5) is 21.4. The van der Waals surface area contributed by atoms with Gasteiger partial charge in [-0.1, -0.05) is 25.0 Å². The van der Waals surface area contributed by atoms with Crippen molar-refractivity contribution in [1.29, 1.82) is 0 Å². The molecule has 0 spiro atoms. The Hall–Kier alpha value is -2.36. The summed E-state index contributed by atoms with van der Waals surface area (Å²) in [5.74, 6) is 0.0593. The number of nitrogens with zero attached hydrogens (tertiary/aromatic N) is 3. The van der Waals surface area contributed by atoms with Gasteiger partial charge in [0.15, 0.2) is 0 Å². The Morgan fingerprint density at radius 1 is 1.08 bits per heavy atom. The molecule has 0 atom stereocenters. The van der Waals surface area contributed by atoms with Crippen molar-refractivity contribution in [2.45, 2.75) is 39.5 Å². The van der Waals surface area contributed by atoms with Crippen LogP contribution in [0.5, 0.6) is 0 Å². The molecule has 1 aromatic heterocycles. The topological polar surface area (TPSA) is 36.4 Å². The molecule has 0 radical (unpaired) electrons. The maximum absolute atomic E-state index is 12.9. The van der Waals surface area contributed by atoms with E-state index in [0.29, 0.717) is 5.69 Å². The summed E-state index contributed by atoms with van der Waals surface area (Å²) >= 11 is 0. The van der Waals surface area contributed by atoms with Crippen molar-refractivity contribution in [1.82, 2.24) is 9.88 Å². The Balaban J connectivity index is 1.85. The van der Waals surface area contributed by atoms with Crippen LogP contribution in [-0.4, -0.2) is 35.4 Å². The summed E-state index contributed by atoms with van der Waals surface area (Å²) in [6.07, 6.45) is 6.37. The van der Waals surface area contributed by atoms with Gasteiger partial charge in [-0.3, -0.25) is 9.78 Å². The van der Waals surface area contributed by atoms with E-state index in [2.05, 4.69) is 48.0 Å². The summed E-state index contributed by atoms with van der Waals surface area (Å²) in [5.41, 5.74) is 3.93. The predicted octanol–water partition coefficient (Wildman–Crippen LogP) is 4.56. The average molecular weight is 337 g/mol. The summed E-state index contributed by atoms with van der Waals surface area (Å²) in [5, 5.41) is 0. The zero-order chi connectivity index (χ0) is 17.6. The van der Waals surface area contributed by atoms with Gasteiger partial charge in [-0.15, -0.1) is 0 Å². The number of carbonyl (C=O) groups is 1. The normalized spacial score (nSPS) is 14.9. The number of rotatable bonds is 4. The van der Waals surface area contributed by atoms with Crippen molar-refractivity contribution >= 4 is 17.3 Å². The fourth-order valence-corrected chi connectivity index (χ4v) is 3.45. The zero-order valence-corrected chi connectivity index (χ0v) is 15.2. The highest BCUT2D eigenvalue weighted by molar-refractivity contribution is 5.93. The van der Waals surface area contributed by atoms with E-state index >= 15 is 0 Å². The van der Waals surface area contributed by atoms with Gasteiger partial charge in [0, 0.05) is 37.2 Å². The van der Waals surface area contributed by atoms with Crippen LogP contribution in [0.25, 0.3) is 0 Å². The van der Waals surface area contributed by atoms with Crippen molar-refractivity contribution in [3.8, 4) is 0 Å². The number of aromatic nitrogens is 1. The van der Waals surface area contributed by atoms with Crippen LogP contribution in [0.1, 0.15) is 48.7 Å². The monoisotopic (exact) mass is 337 g/mol. The number of hydrogen-bond acceptors (Lipinski definition) is 3. The molecular weight excluding hydrogens is 310 g/mol. The molecule has 2 aromatic rings. The van der Waals surface area contributed by atoms with Crippen LogP contribution in [0.2, 0.25) is 0 Å². The number of benzene rings is 1. The molecule has 4 nitrogen and oxygen atoms in total. The Labute approximate surface area is 150 Å². The lowest BCUT2D eigenvalue weighted by Crippen LogP contribution is -2.32. The predicted molar refractivity (Wildman–Crippen MR) is 102 cm³/mol. The number of pyridine rings is 1. The Bertz CT molecular complexity index is 721. The number of carbonyl (C=O) groups excluding carboxylic acids is 1. The summed E-state index contributed by atoms with van der Waals surface area (Å²) < 4.78 is 0. The number of amides is 1. The first-order valence-corrected chi connectivity index (χ1v) is 9.28. The van der Waals surface area contributed by atoms with E-state index < -0.39 is 0 Å². The van der Waals surface area contributed by atoms with Gasteiger partial charge in [0.2, 0.25) is 0 Å². The van der Waals surface area contributed by atoms with Crippen LogP contribution in [0.3, 0.4) is 0 Å². The van der Waals surface area contributed by atoms with Crippen molar-refractivity contribution in [2.24, 2.45) is 0 Å². The largest absolute Gasteiger partial charge is 0.342 e. The van der Waals surface area contributed by atoms with Crippen LogP contribution in [0.15, 0.2) is 42.6 Å². The second-order valence-corrected chi connectivity index (χ2v) is 6.69. The molecule has 1 fully saturated rings. The molecule has 4 heteroatoms. The number of aryl methyl sites for hydroxylation is 1. The van der Waals surface area contributed by atoms with E-state index in [1.54, 1.807) is 6.20 Å². The fourth-order valence-electron chi connectivity index (χ4n) is 3.45. The van der Waals surface area contributed by atoms with E-state index in [-0.39, 0.29) is 5.91 Å². The fraction of sp³-hybridized carbons (Fsp3) is 0.429. The van der Waals surface area contributed by atoms with Crippen molar-refractivity contribution in [2.75, 3.05) is 24.5 Å². The molecule has 1 aromatic carbocycles. The first-order chi connectivity index (χ1) is 12.2. The lowest BCUT2D eigenvalue weighted by atomic mass is 10.2. The van der Waals surface area contributed by atoms with Crippen LogP contribution >= 0.6 is 0 Å². The highest BCUT2D eigenvalue weighted by atomic mass is 16.2. The third kappa shape index (κ3) is 4.19. The third-order valence-corrected chi connectivity index (χ3v) is 4.80. The molecule has 1 aliphatic heterocycles.